The van der Waals surface area contributed by atoms with Crippen molar-refractivity contribution in [1.29, 1.82) is 0 Å². The molecule has 3 nitrogen and oxygen atoms in total. The van der Waals surface area contributed by atoms with Crippen molar-refractivity contribution in [1.82, 2.24) is 10.2 Å². The Bertz CT molecular complexity index is 419. The van der Waals surface area contributed by atoms with Crippen molar-refractivity contribution >= 4 is 6.03 Å². The van der Waals surface area contributed by atoms with E-state index in [1.54, 1.807) is 4.90 Å². The fourth-order valence-electron chi connectivity index (χ4n) is 2.71. The Morgan fingerprint density at radius 2 is 1.57 bits per heavy atom. The molecule has 1 aromatic rings. The summed E-state index contributed by atoms with van der Waals surface area (Å²) in [5.41, 5.74) is 1.16. The predicted molar refractivity (Wildman–Crippen MR) is 98.6 cm³/mol. The van der Waals surface area contributed by atoms with Gasteiger partial charge in [-0.25, -0.2) is 4.79 Å². The topological polar surface area (TPSA) is 32.3 Å². The molecule has 2 amide bonds. The van der Waals surface area contributed by atoms with E-state index in [0.29, 0.717) is 0 Å². The highest BCUT2D eigenvalue weighted by Crippen LogP contribution is 2.17. The van der Waals surface area contributed by atoms with Crippen LogP contribution in [0.3, 0.4) is 0 Å². The molecule has 0 aliphatic carbocycles. The first-order valence-corrected chi connectivity index (χ1v) is 9.22. The Balaban J connectivity index is 2.11. The zero-order valence-electron chi connectivity index (χ0n) is 15.2. The Labute approximate surface area is 142 Å². The van der Waals surface area contributed by atoms with Gasteiger partial charge in [0, 0.05) is 13.6 Å². The Kier molecular flexibility index (Phi) is 10.2. The minimum atomic E-state index is 0.0179. The molecular formula is C20H34N2O. The first-order valence-electron chi connectivity index (χ1n) is 9.22. The van der Waals surface area contributed by atoms with Crippen LogP contribution >= 0.6 is 0 Å². The van der Waals surface area contributed by atoms with Gasteiger partial charge in [0.1, 0.15) is 0 Å². The third-order valence-corrected chi connectivity index (χ3v) is 4.49. The van der Waals surface area contributed by atoms with Crippen LogP contribution in [0, 0.1) is 0 Å². The molecule has 0 saturated carbocycles. The molecule has 0 radical (unpaired) electrons. The van der Waals surface area contributed by atoms with Crippen molar-refractivity contribution in [2.45, 2.75) is 71.3 Å². The lowest BCUT2D eigenvalue weighted by Gasteiger charge is -2.25. The van der Waals surface area contributed by atoms with Crippen molar-refractivity contribution < 1.29 is 4.79 Å². The fraction of sp³-hybridized carbons (Fsp3) is 0.650. The van der Waals surface area contributed by atoms with Gasteiger partial charge in [0.15, 0.2) is 0 Å². The molecule has 1 N–H and O–H groups in total. The van der Waals surface area contributed by atoms with E-state index in [2.05, 4.69) is 31.3 Å². The minimum Gasteiger partial charge on any atom is -0.338 e. The fourth-order valence-corrected chi connectivity index (χ4v) is 2.71. The zero-order chi connectivity index (χ0) is 16.9. The molecule has 3 heteroatoms. The number of amides is 2. The van der Waals surface area contributed by atoms with Gasteiger partial charge in [-0.15, -0.1) is 0 Å². The summed E-state index contributed by atoms with van der Waals surface area (Å²) in [6, 6.07) is 10.3. The van der Waals surface area contributed by atoms with Gasteiger partial charge in [0.05, 0.1) is 6.04 Å². The van der Waals surface area contributed by atoms with Crippen molar-refractivity contribution in [3.63, 3.8) is 0 Å². The average Bonchev–Trinajstić information content (AvgIpc) is 2.59. The summed E-state index contributed by atoms with van der Waals surface area (Å²) in [4.78, 5) is 14.0. The van der Waals surface area contributed by atoms with Gasteiger partial charge < -0.3 is 10.2 Å². The van der Waals surface area contributed by atoms with Crippen LogP contribution in [-0.2, 0) is 0 Å². The summed E-state index contributed by atoms with van der Waals surface area (Å²) < 4.78 is 0. The molecule has 0 aromatic heterocycles. The molecule has 0 aliphatic rings. The number of hydrogen-bond acceptors (Lipinski definition) is 1. The molecule has 130 valence electrons. The van der Waals surface area contributed by atoms with Crippen molar-refractivity contribution in [2.75, 3.05) is 13.6 Å². The van der Waals surface area contributed by atoms with Gasteiger partial charge in [0.25, 0.3) is 0 Å². The second-order valence-corrected chi connectivity index (χ2v) is 6.40. The number of hydrogen-bond donors (Lipinski definition) is 1. The second-order valence-electron chi connectivity index (χ2n) is 6.40. The number of nitrogens with zero attached hydrogens (tertiary/aromatic N) is 1. The van der Waals surface area contributed by atoms with E-state index in [1.165, 1.54) is 44.9 Å². The summed E-state index contributed by atoms with van der Waals surface area (Å²) >= 11 is 0. The highest BCUT2D eigenvalue weighted by atomic mass is 16.2. The highest BCUT2D eigenvalue weighted by molar-refractivity contribution is 5.74. The number of benzene rings is 1. The van der Waals surface area contributed by atoms with E-state index in [9.17, 15) is 4.79 Å². The molecule has 0 unspecified atom stereocenters. The zero-order valence-corrected chi connectivity index (χ0v) is 15.2. The third kappa shape index (κ3) is 8.06. The van der Waals surface area contributed by atoms with E-state index in [4.69, 9.17) is 0 Å². The SMILES string of the molecule is CCCCCCCCCCNC(=O)N(C)[C@@H](C)c1ccccc1. The summed E-state index contributed by atoms with van der Waals surface area (Å²) in [5, 5.41) is 3.03. The lowest BCUT2D eigenvalue weighted by atomic mass is 10.1. The molecule has 0 bridgehead atoms. The van der Waals surface area contributed by atoms with Crippen LogP contribution in [0.15, 0.2) is 30.3 Å². The maximum absolute atomic E-state index is 12.2. The van der Waals surface area contributed by atoms with Gasteiger partial charge in [-0.3, -0.25) is 0 Å². The molecule has 0 fully saturated rings. The maximum atomic E-state index is 12.2. The largest absolute Gasteiger partial charge is 0.338 e. The lowest BCUT2D eigenvalue weighted by molar-refractivity contribution is 0.194. The van der Waals surface area contributed by atoms with Crippen LogP contribution in [0.5, 0.6) is 0 Å². The minimum absolute atomic E-state index is 0.0179. The number of carbonyl (C=O) groups is 1. The number of nitrogens with one attached hydrogen (secondary N) is 1. The lowest BCUT2D eigenvalue weighted by Crippen LogP contribution is -2.39. The van der Waals surface area contributed by atoms with Crippen LogP contribution < -0.4 is 5.32 Å². The highest BCUT2D eigenvalue weighted by Gasteiger charge is 2.16. The van der Waals surface area contributed by atoms with Crippen molar-refractivity contribution in [3.8, 4) is 0 Å². The molecule has 1 atom stereocenters. The molecular weight excluding hydrogens is 284 g/mol. The number of carbonyl (C=O) groups excluding carboxylic acids is 1. The normalized spacial score (nSPS) is 12.0. The summed E-state index contributed by atoms with van der Waals surface area (Å²) in [7, 11) is 1.86. The first-order chi connectivity index (χ1) is 11.2. The van der Waals surface area contributed by atoms with E-state index >= 15 is 0 Å². The van der Waals surface area contributed by atoms with Crippen LogP contribution in [0.2, 0.25) is 0 Å². The molecule has 0 spiro atoms. The van der Waals surface area contributed by atoms with Gasteiger partial charge in [-0.05, 0) is 18.9 Å². The number of rotatable bonds is 11. The summed E-state index contributed by atoms with van der Waals surface area (Å²) in [6.45, 7) is 5.09. The van der Waals surface area contributed by atoms with E-state index in [1.807, 2.05) is 25.2 Å². The van der Waals surface area contributed by atoms with Gasteiger partial charge in [-0.1, -0.05) is 82.2 Å². The van der Waals surface area contributed by atoms with E-state index < -0.39 is 0 Å². The van der Waals surface area contributed by atoms with E-state index in [0.717, 1.165) is 18.5 Å². The molecule has 0 heterocycles. The Morgan fingerprint density at radius 3 is 2.17 bits per heavy atom. The quantitative estimate of drug-likeness (QED) is 0.535. The van der Waals surface area contributed by atoms with Crippen molar-refractivity contribution in [3.05, 3.63) is 35.9 Å². The van der Waals surface area contributed by atoms with Crippen LogP contribution in [0.4, 0.5) is 4.79 Å². The Morgan fingerprint density at radius 1 is 1.00 bits per heavy atom. The Hall–Kier alpha value is -1.51. The smallest absolute Gasteiger partial charge is 0.317 e. The predicted octanol–water partition coefficient (Wildman–Crippen LogP) is 5.53. The molecule has 0 aliphatic heterocycles. The molecule has 1 aromatic carbocycles. The van der Waals surface area contributed by atoms with Gasteiger partial charge >= 0.3 is 6.03 Å². The first kappa shape index (κ1) is 19.5. The number of urea groups is 1. The standard InChI is InChI=1S/C20H34N2O/c1-4-5-6-7-8-9-10-14-17-21-20(23)22(3)18(2)19-15-12-11-13-16-19/h11-13,15-16,18H,4-10,14,17H2,1-3H3,(H,21,23)/t18-/m0/s1. The molecule has 0 saturated heterocycles. The van der Waals surface area contributed by atoms with Gasteiger partial charge in [-0.2, -0.15) is 0 Å². The number of unbranched alkanes of at least 4 members (excludes halogenated alkanes) is 7. The van der Waals surface area contributed by atoms with Crippen LogP contribution in [0.1, 0.15) is 76.8 Å². The third-order valence-electron chi connectivity index (χ3n) is 4.49. The summed E-state index contributed by atoms with van der Waals surface area (Å²) in [6.07, 6.45) is 10.3. The maximum Gasteiger partial charge on any atom is 0.317 e. The van der Waals surface area contributed by atoms with Crippen LogP contribution in [0.25, 0.3) is 0 Å². The molecule has 23 heavy (non-hydrogen) atoms. The summed E-state index contributed by atoms with van der Waals surface area (Å²) in [5.74, 6) is 0. The second kappa shape index (κ2) is 12.0. The van der Waals surface area contributed by atoms with E-state index in [-0.39, 0.29) is 12.1 Å². The van der Waals surface area contributed by atoms with Crippen LogP contribution in [-0.4, -0.2) is 24.5 Å². The monoisotopic (exact) mass is 318 g/mol. The van der Waals surface area contributed by atoms with Gasteiger partial charge in [0.2, 0.25) is 0 Å². The van der Waals surface area contributed by atoms with Crippen molar-refractivity contribution in [2.24, 2.45) is 0 Å². The molecule has 1 rings (SSSR count). The average molecular weight is 319 g/mol.